The molecular formula is C23H25N3O3. The fourth-order valence-corrected chi connectivity index (χ4v) is 3.70. The average Bonchev–Trinajstić information content (AvgIpc) is 3.33. The van der Waals surface area contributed by atoms with E-state index in [0.717, 1.165) is 28.8 Å². The molecular weight excluding hydrogens is 366 g/mol. The van der Waals surface area contributed by atoms with Gasteiger partial charge in [-0.25, -0.2) is 0 Å². The SMILES string of the molecule is CC(c1cc2ccccc2o1)N(C)CC(=O)Nc1ccccc1N1CCCC1=O. The molecule has 2 aromatic carbocycles. The minimum absolute atomic E-state index is 0.0523. The van der Waals surface area contributed by atoms with Crippen LogP contribution in [0.25, 0.3) is 11.0 Å². The second-order valence-corrected chi connectivity index (χ2v) is 7.49. The fourth-order valence-electron chi connectivity index (χ4n) is 3.70. The van der Waals surface area contributed by atoms with Crippen molar-refractivity contribution in [3.63, 3.8) is 0 Å². The van der Waals surface area contributed by atoms with Gasteiger partial charge >= 0.3 is 0 Å². The molecule has 150 valence electrons. The lowest BCUT2D eigenvalue weighted by Crippen LogP contribution is -2.33. The Hall–Kier alpha value is -3.12. The summed E-state index contributed by atoms with van der Waals surface area (Å²) in [5.74, 6) is 0.793. The number of carbonyl (C=O) groups is 2. The van der Waals surface area contributed by atoms with Crippen molar-refractivity contribution in [2.45, 2.75) is 25.8 Å². The smallest absolute Gasteiger partial charge is 0.238 e. The fraction of sp³-hybridized carbons (Fsp3) is 0.304. The number of carbonyl (C=O) groups excluding carboxylic acids is 2. The molecule has 3 aromatic rings. The van der Waals surface area contributed by atoms with Crippen molar-refractivity contribution >= 4 is 34.2 Å². The molecule has 29 heavy (non-hydrogen) atoms. The van der Waals surface area contributed by atoms with E-state index in [0.29, 0.717) is 18.7 Å². The van der Waals surface area contributed by atoms with Crippen LogP contribution in [-0.4, -0.2) is 36.9 Å². The normalized spacial score (nSPS) is 15.3. The lowest BCUT2D eigenvalue weighted by atomic mass is 10.2. The molecule has 4 rings (SSSR count). The summed E-state index contributed by atoms with van der Waals surface area (Å²) in [4.78, 5) is 28.5. The van der Waals surface area contributed by atoms with E-state index in [9.17, 15) is 9.59 Å². The van der Waals surface area contributed by atoms with E-state index in [1.54, 1.807) is 4.90 Å². The molecule has 2 heterocycles. The molecule has 1 atom stereocenters. The van der Waals surface area contributed by atoms with Crippen molar-refractivity contribution in [1.82, 2.24) is 4.90 Å². The first-order valence-electron chi connectivity index (χ1n) is 9.91. The maximum Gasteiger partial charge on any atom is 0.238 e. The maximum absolute atomic E-state index is 12.7. The van der Waals surface area contributed by atoms with E-state index in [2.05, 4.69) is 5.32 Å². The number of hydrogen-bond donors (Lipinski definition) is 1. The summed E-state index contributed by atoms with van der Waals surface area (Å²) >= 11 is 0. The Morgan fingerprint density at radius 3 is 2.72 bits per heavy atom. The van der Waals surface area contributed by atoms with Gasteiger partial charge in [0.15, 0.2) is 0 Å². The Labute approximate surface area is 170 Å². The minimum atomic E-state index is -0.130. The van der Waals surface area contributed by atoms with Crippen LogP contribution >= 0.6 is 0 Å². The van der Waals surface area contributed by atoms with E-state index in [-0.39, 0.29) is 24.4 Å². The van der Waals surface area contributed by atoms with Crippen molar-refractivity contribution < 1.29 is 14.0 Å². The highest BCUT2D eigenvalue weighted by molar-refractivity contribution is 6.02. The van der Waals surface area contributed by atoms with Gasteiger partial charge < -0.3 is 14.6 Å². The molecule has 0 aliphatic carbocycles. The van der Waals surface area contributed by atoms with Crippen LogP contribution in [0.1, 0.15) is 31.6 Å². The Kier molecular flexibility index (Phi) is 5.36. The van der Waals surface area contributed by atoms with Gasteiger partial charge in [-0.05, 0) is 44.7 Å². The van der Waals surface area contributed by atoms with E-state index in [4.69, 9.17) is 4.42 Å². The van der Waals surface area contributed by atoms with Crippen LogP contribution in [0.3, 0.4) is 0 Å². The van der Waals surface area contributed by atoms with E-state index in [1.165, 1.54) is 0 Å². The van der Waals surface area contributed by atoms with Crippen LogP contribution in [0.5, 0.6) is 0 Å². The molecule has 1 aromatic heterocycles. The van der Waals surface area contributed by atoms with Gasteiger partial charge in [-0.3, -0.25) is 14.5 Å². The molecule has 0 bridgehead atoms. The van der Waals surface area contributed by atoms with E-state index in [1.807, 2.05) is 73.5 Å². The van der Waals surface area contributed by atoms with Crippen molar-refractivity contribution in [2.75, 3.05) is 30.4 Å². The molecule has 0 spiro atoms. The van der Waals surface area contributed by atoms with Gasteiger partial charge in [-0.15, -0.1) is 0 Å². The molecule has 2 amide bonds. The number of nitrogens with zero attached hydrogens (tertiary/aromatic N) is 2. The van der Waals surface area contributed by atoms with Crippen LogP contribution in [0.15, 0.2) is 59.0 Å². The van der Waals surface area contributed by atoms with E-state index >= 15 is 0 Å². The largest absolute Gasteiger partial charge is 0.459 e. The lowest BCUT2D eigenvalue weighted by molar-refractivity contribution is -0.118. The summed E-state index contributed by atoms with van der Waals surface area (Å²) in [5, 5.41) is 4.02. The molecule has 1 aliphatic heterocycles. The lowest BCUT2D eigenvalue weighted by Gasteiger charge is -2.24. The maximum atomic E-state index is 12.7. The third-order valence-corrected chi connectivity index (χ3v) is 5.45. The zero-order valence-electron chi connectivity index (χ0n) is 16.7. The monoisotopic (exact) mass is 391 g/mol. The summed E-state index contributed by atoms with van der Waals surface area (Å²) < 4.78 is 5.93. The Morgan fingerprint density at radius 2 is 1.97 bits per heavy atom. The molecule has 1 unspecified atom stereocenters. The molecule has 0 saturated carbocycles. The van der Waals surface area contributed by atoms with Gasteiger partial charge in [0, 0.05) is 18.4 Å². The first-order valence-corrected chi connectivity index (χ1v) is 9.91. The second kappa shape index (κ2) is 8.09. The van der Waals surface area contributed by atoms with Gasteiger partial charge in [-0.1, -0.05) is 30.3 Å². The summed E-state index contributed by atoms with van der Waals surface area (Å²) in [6.07, 6.45) is 1.40. The standard InChI is InChI=1S/C23H25N3O3/c1-16(21-14-17-8-3-6-11-20(17)29-21)25(2)15-22(27)24-18-9-4-5-10-19(18)26-13-7-12-23(26)28/h3-6,8-11,14,16H,7,12-13,15H2,1-2H3,(H,24,27). The topological polar surface area (TPSA) is 65.8 Å². The zero-order chi connectivity index (χ0) is 20.4. The summed E-state index contributed by atoms with van der Waals surface area (Å²) in [7, 11) is 1.90. The molecule has 6 nitrogen and oxygen atoms in total. The van der Waals surface area contributed by atoms with Gasteiger partial charge in [-0.2, -0.15) is 0 Å². The number of likely N-dealkylation sites (N-methyl/N-ethyl adjacent to an activating group) is 1. The highest BCUT2D eigenvalue weighted by Gasteiger charge is 2.25. The van der Waals surface area contributed by atoms with Gasteiger partial charge in [0.1, 0.15) is 11.3 Å². The first kappa shape index (κ1) is 19.2. The Morgan fingerprint density at radius 1 is 1.21 bits per heavy atom. The molecule has 6 heteroatoms. The third kappa shape index (κ3) is 4.03. The van der Waals surface area contributed by atoms with Crippen molar-refractivity contribution in [3.05, 3.63) is 60.4 Å². The van der Waals surface area contributed by atoms with Crippen LogP contribution in [0.2, 0.25) is 0 Å². The molecule has 1 fully saturated rings. The third-order valence-electron chi connectivity index (χ3n) is 5.45. The minimum Gasteiger partial charge on any atom is -0.459 e. The van der Waals surface area contributed by atoms with Crippen LogP contribution < -0.4 is 10.2 Å². The number of furan rings is 1. The quantitative estimate of drug-likeness (QED) is 0.684. The highest BCUT2D eigenvalue weighted by Crippen LogP contribution is 2.30. The summed E-state index contributed by atoms with van der Waals surface area (Å²) in [5.41, 5.74) is 2.27. The molecule has 1 aliphatic rings. The number of benzene rings is 2. The molecule has 1 N–H and O–H groups in total. The van der Waals surface area contributed by atoms with E-state index < -0.39 is 0 Å². The van der Waals surface area contributed by atoms with Crippen LogP contribution in [0.4, 0.5) is 11.4 Å². The van der Waals surface area contributed by atoms with Crippen molar-refractivity contribution in [2.24, 2.45) is 0 Å². The number of hydrogen-bond acceptors (Lipinski definition) is 4. The number of anilines is 2. The molecule has 0 radical (unpaired) electrons. The number of rotatable bonds is 6. The summed E-state index contributed by atoms with van der Waals surface area (Å²) in [6.45, 7) is 2.91. The van der Waals surface area contributed by atoms with Gasteiger partial charge in [0.2, 0.25) is 11.8 Å². The number of fused-ring (bicyclic) bond motifs is 1. The van der Waals surface area contributed by atoms with Crippen molar-refractivity contribution in [3.8, 4) is 0 Å². The summed E-state index contributed by atoms with van der Waals surface area (Å²) in [6, 6.07) is 17.3. The number of para-hydroxylation sites is 3. The number of amides is 2. The first-order chi connectivity index (χ1) is 14.0. The Bertz CT molecular complexity index is 1010. The van der Waals surface area contributed by atoms with Crippen molar-refractivity contribution in [1.29, 1.82) is 0 Å². The average molecular weight is 391 g/mol. The van der Waals surface area contributed by atoms with Gasteiger partial charge in [0.05, 0.1) is 24.0 Å². The number of nitrogens with one attached hydrogen (secondary N) is 1. The second-order valence-electron chi connectivity index (χ2n) is 7.49. The molecule has 1 saturated heterocycles. The van der Waals surface area contributed by atoms with Crippen LogP contribution in [0, 0.1) is 0 Å². The zero-order valence-corrected chi connectivity index (χ0v) is 16.7. The highest BCUT2D eigenvalue weighted by atomic mass is 16.3. The van der Waals surface area contributed by atoms with Gasteiger partial charge in [0.25, 0.3) is 0 Å². The Balaban J connectivity index is 1.44. The predicted molar refractivity (Wildman–Crippen MR) is 114 cm³/mol. The predicted octanol–water partition coefficient (Wildman–Crippen LogP) is 4.19. The van der Waals surface area contributed by atoms with Crippen LogP contribution in [-0.2, 0) is 9.59 Å².